The van der Waals surface area contributed by atoms with Gasteiger partial charge in [-0.05, 0) is 77.1 Å². The second-order valence-corrected chi connectivity index (χ2v) is 12.9. The summed E-state index contributed by atoms with van der Waals surface area (Å²) in [6, 6.07) is 27.6. The summed E-state index contributed by atoms with van der Waals surface area (Å²) in [5.41, 5.74) is 7.00. The van der Waals surface area contributed by atoms with Crippen LogP contribution in [0.25, 0.3) is 11.1 Å². The Hall–Kier alpha value is -5.61. The van der Waals surface area contributed by atoms with Crippen molar-refractivity contribution in [3.8, 4) is 5.75 Å². The van der Waals surface area contributed by atoms with E-state index in [1.807, 2.05) is 30.3 Å². The normalized spacial score (nSPS) is 18.6. The number of anilines is 1. The third-order valence-electron chi connectivity index (χ3n) is 9.83. The van der Waals surface area contributed by atoms with E-state index in [2.05, 4.69) is 58.4 Å². The quantitative estimate of drug-likeness (QED) is 0.185. The number of phenolic OH excluding ortho intramolecular Hbond substituents is 1. The Kier molecular flexibility index (Phi) is 9.03. The molecule has 1 unspecified atom stereocenters. The largest absolute Gasteiger partial charge is 0.508 e. The summed E-state index contributed by atoms with van der Waals surface area (Å²) >= 11 is 0. The third-order valence-corrected chi connectivity index (χ3v) is 9.83. The van der Waals surface area contributed by atoms with Crippen molar-refractivity contribution in [2.75, 3.05) is 31.1 Å². The standard InChI is InChI=1S/C40H37FN4O5/c1-2-31(25-6-4-3-5-7-25)37(27-10-14-30(46)15-11-27)26-8-12-29(13-9-26)44-20-18-43(19-21-44)24-28-22-32-33(23-34(28)41)40(50)45(39(32)49)35-16-17-36(47)42-38(35)48/h3-15,22-23,35,46H,2,16-21,24H2,1H3,(H,42,47,48). The second kappa shape index (κ2) is 13.7. The predicted molar refractivity (Wildman–Crippen MR) is 188 cm³/mol. The zero-order valence-electron chi connectivity index (χ0n) is 27.7. The number of hydrogen-bond acceptors (Lipinski definition) is 7. The summed E-state index contributed by atoms with van der Waals surface area (Å²) in [6.07, 6.45) is 0.894. The summed E-state index contributed by atoms with van der Waals surface area (Å²) in [7, 11) is 0. The molecule has 0 saturated carbocycles. The number of amides is 4. The highest BCUT2D eigenvalue weighted by Crippen LogP contribution is 2.36. The van der Waals surface area contributed by atoms with Gasteiger partial charge in [0.25, 0.3) is 11.8 Å². The number of piperidine rings is 1. The molecule has 4 aromatic rings. The molecular weight excluding hydrogens is 635 g/mol. The first kappa shape index (κ1) is 32.9. The van der Waals surface area contributed by atoms with E-state index >= 15 is 4.39 Å². The molecule has 7 rings (SSSR count). The van der Waals surface area contributed by atoms with Gasteiger partial charge in [-0.2, -0.15) is 0 Å². The molecule has 50 heavy (non-hydrogen) atoms. The topological polar surface area (TPSA) is 110 Å². The van der Waals surface area contributed by atoms with Crippen molar-refractivity contribution in [1.29, 1.82) is 0 Å². The van der Waals surface area contributed by atoms with Crippen LogP contribution in [-0.4, -0.2) is 70.8 Å². The maximum Gasteiger partial charge on any atom is 0.262 e. The van der Waals surface area contributed by atoms with Crippen LogP contribution < -0.4 is 10.2 Å². The second-order valence-electron chi connectivity index (χ2n) is 12.9. The average molecular weight is 673 g/mol. The number of fused-ring (bicyclic) bond motifs is 1. The number of hydrogen-bond donors (Lipinski definition) is 2. The lowest BCUT2D eigenvalue weighted by molar-refractivity contribution is -0.136. The van der Waals surface area contributed by atoms with Gasteiger partial charge in [-0.25, -0.2) is 4.39 Å². The van der Waals surface area contributed by atoms with Gasteiger partial charge in [0.1, 0.15) is 17.6 Å². The van der Waals surface area contributed by atoms with Crippen LogP contribution in [0.15, 0.2) is 91.0 Å². The van der Waals surface area contributed by atoms with E-state index in [4.69, 9.17) is 0 Å². The zero-order valence-corrected chi connectivity index (χ0v) is 27.7. The molecule has 2 N–H and O–H groups in total. The third kappa shape index (κ3) is 6.30. The van der Waals surface area contributed by atoms with Gasteiger partial charge in [-0.3, -0.25) is 34.3 Å². The fraction of sp³-hybridized carbons (Fsp3) is 0.250. The Morgan fingerprint density at radius 2 is 1.42 bits per heavy atom. The lowest BCUT2D eigenvalue weighted by Crippen LogP contribution is -2.54. The number of benzene rings is 4. The number of carbonyl (C=O) groups excluding carboxylic acids is 4. The molecule has 254 valence electrons. The smallest absolute Gasteiger partial charge is 0.262 e. The molecule has 2 saturated heterocycles. The Morgan fingerprint density at radius 3 is 2.04 bits per heavy atom. The van der Waals surface area contributed by atoms with Crippen molar-refractivity contribution in [3.05, 3.63) is 130 Å². The maximum absolute atomic E-state index is 15.3. The number of imide groups is 2. The lowest BCUT2D eigenvalue weighted by atomic mass is 9.88. The summed E-state index contributed by atoms with van der Waals surface area (Å²) in [5, 5.41) is 12.1. The Balaban J connectivity index is 1.04. The number of allylic oxidation sites excluding steroid dienone is 1. The zero-order chi connectivity index (χ0) is 34.9. The van der Waals surface area contributed by atoms with Gasteiger partial charge in [-0.15, -0.1) is 0 Å². The number of nitrogens with zero attached hydrogens (tertiary/aromatic N) is 3. The van der Waals surface area contributed by atoms with Crippen LogP contribution in [0.4, 0.5) is 10.1 Å². The summed E-state index contributed by atoms with van der Waals surface area (Å²) < 4.78 is 15.3. The fourth-order valence-electron chi connectivity index (χ4n) is 7.21. The summed E-state index contributed by atoms with van der Waals surface area (Å²) in [4.78, 5) is 55.6. The van der Waals surface area contributed by atoms with Crippen LogP contribution in [-0.2, 0) is 16.1 Å². The van der Waals surface area contributed by atoms with Crippen molar-refractivity contribution in [1.82, 2.24) is 15.1 Å². The SMILES string of the molecule is CCC(=C(c1ccc(O)cc1)c1ccc(N2CCN(Cc3cc4c(cc3F)C(=O)N(C3CCC(=O)NC3=O)C4=O)CC2)cc1)c1ccccc1. The predicted octanol–water partition coefficient (Wildman–Crippen LogP) is 5.62. The van der Waals surface area contributed by atoms with Crippen molar-refractivity contribution in [2.45, 2.75) is 38.8 Å². The first-order valence-electron chi connectivity index (χ1n) is 16.9. The molecule has 0 radical (unpaired) electrons. The fourth-order valence-corrected chi connectivity index (χ4v) is 7.21. The molecular formula is C40H37FN4O5. The molecule has 3 aliphatic heterocycles. The van der Waals surface area contributed by atoms with E-state index < -0.39 is 35.5 Å². The molecule has 3 aliphatic rings. The summed E-state index contributed by atoms with van der Waals surface area (Å²) in [5.74, 6) is -2.87. The van der Waals surface area contributed by atoms with Gasteiger partial charge >= 0.3 is 0 Å². The van der Waals surface area contributed by atoms with Crippen LogP contribution in [0.5, 0.6) is 5.75 Å². The van der Waals surface area contributed by atoms with E-state index in [0.29, 0.717) is 18.7 Å². The van der Waals surface area contributed by atoms with Gasteiger partial charge in [0, 0.05) is 50.4 Å². The van der Waals surface area contributed by atoms with E-state index in [9.17, 15) is 24.3 Å². The molecule has 4 aromatic carbocycles. The van der Waals surface area contributed by atoms with E-state index in [0.717, 1.165) is 58.4 Å². The van der Waals surface area contributed by atoms with Gasteiger partial charge in [0.2, 0.25) is 11.8 Å². The van der Waals surface area contributed by atoms with E-state index in [1.165, 1.54) is 11.6 Å². The highest BCUT2D eigenvalue weighted by Gasteiger charge is 2.45. The first-order valence-corrected chi connectivity index (χ1v) is 16.9. The van der Waals surface area contributed by atoms with Crippen molar-refractivity contribution in [3.63, 3.8) is 0 Å². The number of carbonyl (C=O) groups is 4. The van der Waals surface area contributed by atoms with Gasteiger partial charge in [0.05, 0.1) is 11.1 Å². The molecule has 0 aliphatic carbocycles. The summed E-state index contributed by atoms with van der Waals surface area (Å²) in [6.45, 7) is 5.19. The van der Waals surface area contributed by atoms with Gasteiger partial charge in [-0.1, -0.05) is 61.5 Å². The van der Waals surface area contributed by atoms with Crippen LogP contribution >= 0.6 is 0 Å². The van der Waals surface area contributed by atoms with Crippen molar-refractivity contribution < 1.29 is 28.7 Å². The molecule has 2 fully saturated rings. The minimum Gasteiger partial charge on any atom is -0.508 e. The highest BCUT2D eigenvalue weighted by molar-refractivity contribution is 6.23. The number of phenols is 1. The van der Waals surface area contributed by atoms with Crippen LogP contribution in [0, 0.1) is 5.82 Å². The number of aromatic hydroxyl groups is 1. The Labute approximate surface area is 289 Å². The molecule has 4 amide bonds. The molecule has 1 atom stereocenters. The Morgan fingerprint density at radius 1 is 0.800 bits per heavy atom. The number of halogens is 1. The molecule has 3 heterocycles. The van der Waals surface area contributed by atoms with Crippen LogP contribution in [0.2, 0.25) is 0 Å². The van der Waals surface area contributed by atoms with Crippen LogP contribution in [0.3, 0.4) is 0 Å². The lowest BCUT2D eigenvalue weighted by Gasteiger charge is -2.36. The van der Waals surface area contributed by atoms with Gasteiger partial charge < -0.3 is 10.0 Å². The van der Waals surface area contributed by atoms with Crippen molar-refractivity contribution >= 4 is 40.5 Å². The first-order chi connectivity index (χ1) is 24.2. The monoisotopic (exact) mass is 672 g/mol. The number of rotatable bonds is 8. The van der Waals surface area contributed by atoms with E-state index in [1.54, 1.807) is 12.1 Å². The minimum atomic E-state index is -1.10. The number of piperazine rings is 1. The Bertz CT molecular complexity index is 2000. The number of nitrogens with one attached hydrogen (secondary N) is 1. The molecule has 9 nitrogen and oxygen atoms in total. The molecule has 0 spiro atoms. The van der Waals surface area contributed by atoms with Crippen molar-refractivity contribution in [2.24, 2.45) is 0 Å². The maximum atomic E-state index is 15.3. The molecule has 0 bridgehead atoms. The molecule has 0 aromatic heterocycles. The average Bonchev–Trinajstić information content (AvgIpc) is 3.36. The van der Waals surface area contributed by atoms with Gasteiger partial charge in [0.15, 0.2) is 0 Å². The van der Waals surface area contributed by atoms with E-state index in [-0.39, 0.29) is 36.3 Å². The highest BCUT2D eigenvalue weighted by atomic mass is 19.1. The molecule has 10 heteroatoms. The minimum absolute atomic E-state index is 0.0193. The van der Waals surface area contributed by atoms with Crippen LogP contribution in [0.1, 0.15) is 69.2 Å².